The average Bonchev–Trinajstić information content (AvgIpc) is 2.70. The molecule has 0 aromatic heterocycles. The lowest BCUT2D eigenvalue weighted by Gasteiger charge is -2.22. The van der Waals surface area contributed by atoms with Crippen LogP contribution in [-0.2, 0) is 4.79 Å². The van der Waals surface area contributed by atoms with Crippen molar-refractivity contribution in [2.75, 3.05) is 5.32 Å². The van der Waals surface area contributed by atoms with Crippen molar-refractivity contribution in [1.82, 2.24) is 5.32 Å². The van der Waals surface area contributed by atoms with Crippen LogP contribution >= 0.6 is 0 Å². The average molecular weight is 366 g/mol. The molecule has 2 N–H and O–H groups in total. The summed E-state index contributed by atoms with van der Waals surface area (Å²) in [6.45, 7) is 1.70. The van der Waals surface area contributed by atoms with E-state index in [0.717, 1.165) is 12.8 Å². The number of carbonyl (C=O) groups excluding carboxylic acids is 2. The Labute approximate surface area is 160 Å². The monoisotopic (exact) mass is 366 g/mol. The molecule has 27 heavy (non-hydrogen) atoms. The molecule has 0 saturated heterocycles. The number of carbonyl (C=O) groups is 2. The normalized spacial score (nSPS) is 15.6. The first-order valence-electron chi connectivity index (χ1n) is 9.55. The molecule has 5 heteroatoms. The third-order valence-corrected chi connectivity index (χ3v) is 4.78. The number of hydrogen-bond donors (Lipinski definition) is 2. The van der Waals surface area contributed by atoms with Crippen LogP contribution in [0.4, 0.5) is 5.69 Å². The zero-order valence-electron chi connectivity index (χ0n) is 15.6. The second-order valence-electron chi connectivity index (χ2n) is 6.95. The van der Waals surface area contributed by atoms with Gasteiger partial charge in [0.15, 0.2) is 6.10 Å². The van der Waals surface area contributed by atoms with E-state index in [9.17, 15) is 9.59 Å². The van der Waals surface area contributed by atoms with Gasteiger partial charge in [0.25, 0.3) is 11.8 Å². The maximum Gasteiger partial charge on any atom is 0.265 e. The van der Waals surface area contributed by atoms with E-state index in [4.69, 9.17) is 4.74 Å². The number of nitrogens with one attached hydrogen (secondary N) is 2. The van der Waals surface area contributed by atoms with Gasteiger partial charge in [-0.05, 0) is 56.2 Å². The van der Waals surface area contributed by atoms with Gasteiger partial charge in [-0.2, -0.15) is 0 Å². The van der Waals surface area contributed by atoms with E-state index in [0.29, 0.717) is 17.0 Å². The quantitative estimate of drug-likeness (QED) is 0.807. The van der Waals surface area contributed by atoms with Crippen LogP contribution in [0, 0.1) is 0 Å². The van der Waals surface area contributed by atoms with Crippen molar-refractivity contribution in [3.63, 3.8) is 0 Å². The van der Waals surface area contributed by atoms with Gasteiger partial charge < -0.3 is 15.4 Å². The Bertz CT molecular complexity index is 753. The molecule has 0 heterocycles. The Morgan fingerprint density at radius 2 is 1.63 bits per heavy atom. The number of anilines is 1. The first kappa shape index (κ1) is 19.0. The fraction of sp³-hybridized carbons (Fsp3) is 0.364. The summed E-state index contributed by atoms with van der Waals surface area (Å²) in [5, 5.41) is 5.91. The minimum atomic E-state index is -0.623. The fourth-order valence-electron chi connectivity index (χ4n) is 3.22. The van der Waals surface area contributed by atoms with E-state index in [-0.39, 0.29) is 17.9 Å². The summed E-state index contributed by atoms with van der Waals surface area (Å²) in [6.07, 6.45) is 5.10. The van der Waals surface area contributed by atoms with Gasteiger partial charge in [-0.25, -0.2) is 0 Å². The molecular formula is C22H26N2O3. The predicted molar refractivity (Wildman–Crippen MR) is 106 cm³/mol. The topological polar surface area (TPSA) is 67.4 Å². The number of ether oxygens (including phenoxy) is 1. The van der Waals surface area contributed by atoms with Gasteiger partial charge in [-0.3, -0.25) is 9.59 Å². The van der Waals surface area contributed by atoms with E-state index >= 15 is 0 Å². The van der Waals surface area contributed by atoms with Crippen LogP contribution in [-0.4, -0.2) is 24.0 Å². The molecule has 0 bridgehead atoms. The molecule has 0 radical (unpaired) electrons. The lowest BCUT2D eigenvalue weighted by molar-refractivity contribution is -0.122. The highest BCUT2D eigenvalue weighted by atomic mass is 16.5. The van der Waals surface area contributed by atoms with E-state index < -0.39 is 6.10 Å². The van der Waals surface area contributed by atoms with Gasteiger partial charge in [0.1, 0.15) is 5.75 Å². The van der Waals surface area contributed by atoms with Crippen molar-refractivity contribution in [2.45, 2.75) is 51.2 Å². The number of hydrogen-bond acceptors (Lipinski definition) is 3. The standard InChI is InChI=1S/C22H26N2O3/c1-16(27-20-10-6-3-7-11-20)21(25)23-19-14-12-17(13-15-19)22(26)24-18-8-4-2-5-9-18/h3,6-7,10-16,18H,2,4-5,8-9H2,1H3,(H,23,25)(H,24,26). The molecule has 2 aromatic carbocycles. The molecule has 1 saturated carbocycles. The molecule has 1 fully saturated rings. The smallest absolute Gasteiger partial charge is 0.265 e. The van der Waals surface area contributed by atoms with E-state index in [1.807, 2.05) is 30.3 Å². The van der Waals surface area contributed by atoms with Crippen LogP contribution in [0.5, 0.6) is 5.75 Å². The molecular weight excluding hydrogens is 340 g/mol. The second-order valence-corrected chi connectivity index (χ2v) is 6.95. The van der Waals surface area contributed by atoms with E-state index in [1.165, 1.54) is 19.3 Å². The minimum absolute atomic E-state index is 0.0550. The highest BCUT2D eigenvalue weighted by Crippen LogP contribution is 2.18. The second kappa shape index (κ2) is 9.21. The lowest BCUT2D eigenvalue weighted by Crippen LogP contribution is -2.36. The highest BCUT2D eigenvalue weighted by Gasteiger charge is 2.17. The molecule has 1 aliphatic rings. The Kier molecular flexibility index (Phi) is 6.47. The van der Waals surface area contributed by atoms with Crippen LogP contribution in [0.2, 0.25) is 0 Å². The van der Waals surface area contributed by atoms with Crippen molar-refractivity contribution in [2.24, 2.45) is 0 Å². The third-order valence-electron chi connectivity index (χ3n) is 4.78. The Morgan fingerprint density at radius 3 is 2.30 bits per heavy atom. The summed E-state index contributed by atoms with van der Waals surface area (Å²) >= 11 is 0. The van der Waals surface area contributed by atoms with Gasteiger partial charge in [-0.1, -0.05) is 37.5 Å². The largest absolute Gasteiger partial charge is 0.481 e. The maximum atomic E-state index is 12.3. The number of para-hydroxylation sites is 1. The van der Waals surface area contributed by atoms with Crippen molar-refractivity contribution >= 4 is 17.5 Å². The maximum absolute atomic E-state index is 12.3. The van der Waals surface area contributed by atoms with Crippen LogP contribution < -0.4 is 15.4 Å². The predicted octanol–water partition coefficient (Wildman–Crippen LogP) is 4.16. The molecule has 1 aliphatic carbocycles. The zero-order chi connectivity index (χ0) is 19.1. The SMILES string of the molecule is CC(Oc1ccccc1)C(=O)Nc1ccc(C(=O)NC2CCCCC2)cc1. The zero-order valence-corrected chi connectivity index (χ0v) is 15.6. The molecule has 0 aliphatic heterocycles. The van der Waals surface area contributed by atoms with Crippen LogP contribution in [0.25, 0.3) is 0 Å². The molecule has 1 unspecified atom stereocenters. The van der Waals surface area contributed by atoms with Crippen LogP contribution in [0.15, 0.2) is 54.6 Å². The molecule has 3 rings (SSSR count). The fourth-order valence-corrected chi connectivity index (χ4v) is 3.22. The lowest BCUT2D eigenvalue weighted by atomic mass is 9.95. The summed E-state index contributed by atoms with van der Waals surface area (Å²) in [5.41, 5.74) is 1.24. The van der Waals surface area contributed by atoms with Gasteiger partial charge in [0.2, 0.25) is 0 Å². The van der Waals surface area contributed by atoms with Crippen molar-refractivity contribution in [3.8, 4) is 5.75 Å². The summed E-state index contributed by atoms with van der Waals surface area (Å²) in [4.78, 5) is 24.6. The third kappa shape index (κ3) is 5.58. The highest BCUT2D eigenvalue weighted by molar-refractivity contribution is 5.97. The molecule has 5 nitrogen and oxygen atoms in total. The van der Waals surface area contributed by atoms with Gasteiger partial charge in [0.05, 0.1) is 0 Å². The molecule has 1 atom stereocenters. The molecule has 142 valence electrons. The van der Waals surface area contributed by atoms with Gasteiger partial charge >= 0.3 is 0 Å². The summed E-state index contributed by atoms with van der Waals surface area (Å²) < 4.78 is 5.62. The van der Waals surface area contributed by atoms with Crippen molar-refractivity contribution in [1.29, 1.82) is 0 Å². The Balaban J connectivity index is 1.52. The summed E-state index contributed by atoms with van der Waals surface area (Å²) in [7, 11) is 0. The van der Waals surface area contributed by atoms with Crippen LogP contribution in [0.1, 0.15) is 49.4 Å². The summed E-state index contributed by atoms with van der Waals surface area (Å²) in [6, 6.07) is 16.4. The first-order chi connectivity index (χ1) is 13.1. The number of amides is 2. The molecule has 2 amide bonds. The van der Waals surface area contributed by atoms with E-state index in [2.05, 4.69) is 10.6 Å². The van der Waals surface area contributed by atoms with Crippen molar-refractivity contribution < 1.29 is 14.3 Å². The van der Waals surface area contributed by atoms with Crippen LogP contribution in [0.3, 0.4) is 0 Å². The van der Waals surface area contributed by atoms with E-state index in [1.54, 1.807) is 31.2 Å². The number of benzene rings is 2. The Morgan fingerprint density at radius 1 is 0.963 bits per heavy atom. The minimum Gasteiger partial charge on any atom is -0.481 e. The number of rotatable bonds is 6. The first-order valence-corrected chi connectivity index (χ1v) is 9.55. The Hall–Kier alpha value is -2.82. The summed E-state index contributed by atoms with van der Waals surface area (Å²) in [5.74, 6) is 0.355. The molecule has 2 aromatic rings. The van der Waals surface area contributed by atoms with Gasteiger partial charge in [0, 0.05) is 17.3 Å². The molecule has 0 spiro atoms. The van der Waals surface area contributed by atoms with Crippen molar-refractivity contribution in [3.05, 3.63) is 60.2 Å². The van der Waals surface area contributed by atoms with Gasteiger partial charge in [-0.15, -0.1) is 0 Å².